The van der Waals surface area contributed by atoms with E-state index < -0.39 is 12.1 Å². The predicted octanol–water partition coefficient (Wildman–Crippen LogP) is 4.07. The van der Waals surface area contributed by atoms with E-state index >= 15 is 0 Å². The summed E-state index contributed by atoms with van der Waals surface area (Å²) in [6, 6.07) is 13.8. The molecule has 0 fully saturated rings. The SMILES string of the molecule is O=C(O)[C@H](Cc1ccccc1Cl)Oc1ccccc1Cl. The van der Waals surface area contributed by atoms with Gasteiger partial charge < -0.3 is 9.84 Å². The summed E-state index contributed by atoms with van der Waals surface area (Å²) in [6.45, 7) is 0. The minimum absolute atomic E-state index is 0.167. The second-order valence-corrected chi connectivity index (χ2v) is 4.99. The van der Waals surface area contributed by atoms with Crippen molar-refractivity contribution in [3.8, 4) is 5.75 Å². The minimum Gasteiger partial charge on any atom is -0.478 e. The fraction of sp³-hybridized carbons (Fsp3) is 0.133. The van der Waals surface area contributed by atoms with Crippen LogP contribution in [0.3, 0.4) is 0 Å². The van der Waals surface area contributed by atoms with Crippen LogP contribution in [0.5, 0.6) is 5.75 Å². The molecular weight excluding hydrogens is 299 g/mol. The molecule has 20 heavy (non-hydrogen) atoms. The molecule has 0 unspecified atom stereocenters. The number of rotatable bonds is 5. The van der Waals surface area contributed by atoms with Crippen molar-refractivity contribution >= 4 is 29.2 Å². The van der Waals surface area contributed by atoms with Crippen molar-refractivity contribution in [1.82, 2.24) is 0 Å². The summed E-state index contributed by atoms with van der Waals surface area (Å²) in [5, 5.41) is 10.2. The highest BCUT2D eigenvalue weighted by Crippen LogP contribution is 2.26. The van der Waals surface area contributed by atoms with Gasteiger partial charge in [0, 0.05) is 11.4 Å². The second-order valence-electron chi connectivity index (χ2n) is 4.17. The van der Waals surface area contributed by atoms with Crippen molar-refractivity contribution in [3.63, 3.8) is 0 Å². The molecule has 0 bridgehead atoms. The van der Waals surface area contributed by atoms with Crippen LogP contribution in [-0.2, 0) is 11.2 Å². The number of carbonyl (C=O) groups is 1. The first-order valence-electron chi connectivity index (χ1n) is 5.95. The number of carboxylic acid groups (broad SMARTS) is 1. The molecule has 0 saturated heterocycles. The topological polar surface area (TPSA) is 46.5 Å². The van der Waals surface area contributed by atoms with Crippen molar-refractivity contribution in [3.05, 3.63) is 64.1 Å². The number of carboxylic acids is 1. The van der Waals surface area contributed by atoms with Gasteiger partial charge in [-0.25, -0.2) is 4.79 Å². The summed E-state index contributed by atoms with van der Waals surface area (Å²) < 4.78 is 5.48. The van der Waals surface area contributed by atoms with E-state index in [4.69, 9.17) is 27.9 Å². The molecule has 2 aromatic carbocycles. The summed E-state index contributed by atoms with van der Waals surface area (Å²) in [5.74, 6) is -0.724. The van der Waals surface area contributed by atoms with Crippen molar-refractivity contribution in [2.45, 2.75) is 12.5 Å². The lowest BCUT2D eigenvalue weighted by atomic mass is 10.1. The largest absolute Gasteiger partial charge is 0.478 e. The Morgan fingerprint density at radius 1 is 1.05 bits per heavy atom. The molecule has 0 amide bonds. The lowest BCUT2D eigenvalue weighted by Gasteiger charge is -2.16. The number of aliphatic carboxylic acids is 1. The predicted molar refractivity (Wildman–Crippen MR) is 78.7 cm³/mol. The van der Waals surface area contributed by atoms with Crippen LogP contribution in [-0.4, -0.2) is 17.2 Å². The first-order valence-corrected chi connectivity index (χ1v) is 6.71. The maximum Gasteiger partial charge on any atom is 0.345 e. The molecule has 2 aromatic rings. The lowest BCUT2D eigenvalue weighted by Crippen LogP contribution is -2.29. The fourth-order valence-corrected chi connectivity index (χ4v) is 2.13. The third-order valence-electron chi connectivity index (χ3n) is 2.74. The van der Waals surface area contributed by atoms with Crippen LogP contribution in [0.2, 0.25) is 10.0 Å². The minimum atomic E-state index is -1.06. The Bertz CT molecular complexity index is 566. The first kappa shape index (κ1) is 14.7. The Hall–Kier alpha value is -1.71. The van der Waals surface area contributed by atoms with Gasteiger partial charge in [0.15, 0.2) is 6.10 Å². The van der Waals surface area contributed by atoms with Crippen LogP contribution in [0.4, 0.5) is 0 Å². The van der Waals surface area contributed by atoms with Crippen LogP contribution in [0.1, 0.15) is 5.56 Å². The van der Waals surface area contributed by atoms with Gasteiger partial charge in [-0.05, 0) is 23.8 Å². The number of para-hydroxylation sites is 1. The highest BCUT2D eigenvalue weighted by Gasteiger charge is 2.22. The second kappa shape index (κ2) is 6.64. The van der Waals surface area contributed by atoms with Crippen molar-refractivity contribution in [2.24, 2.45) is 0 Å². The normalized spacial score (nSPS) is 11.9. The van der Waals surface area contributed by atoms with Gasteiger partial charge in [-0.3, -0.25) is 0 Å². The molecule has 1 N–H and O–H groups in total. The summed E-state index contributed by atoms with van der Waals surface area (Å²) in [5.41, 5.74) is 0.716. The average molecular weight is 311 g/mol. The third-order valence-corrected chi connectivity index (χ3v) is 3.43. The first-order chi connectivity index (χ1) is 9.58. The van der Waals surface area contributed by atoms with Crippen molar-refractivity contribution in [2.75, 3.05) is 0 Å². The van der Waals surface area contributed by atoms with Crippen molar-refractivity contribution in [1.29, 1.82) is 0 Å². The Morgan fingerprint density at radius 3 is 2.25 bits per heavy atom. The van der Waals surface area contributed by atoms with Gasteiger partial charge >= 0.3 is 5.97 Å². The number of benzene rings is 2. The third kappa shape index (κ3) is 3.65. The molecule has 0 aliphatic carbocycles. The van der Waals surface area contributed by atoms with Crippen molar-refractivity contribution < 1.29 is 14.6 Å². The number of hydrogen-bond acceptors (Lipinski definition) is 2. The molecule has 0 aromatic heterocycles. The van der Waals surface area contributed by atoms with Crippen LogP contribution >= 0.6 is 23.2 Å². The Balaban J connectivity index is 2.19. The van der Waals surface area contributed by atoms with Crippen LogP contribution in [0.25, 0.3) is 0 Å². The van der Waals surface area contributed by atoms with E-state index in [1.54, 1.807) is 48.5 Å². The summed E-state index contributed by atoms with van der Waals surface area (Å²) >= 11 is 12.0. The molecule has 3 nitrogen and oxygen atoms in total. The number of halogens is 2. The highest BCUT2D eigenvalue weighted by atomic mass is 35.5. The molecule has 2 rings (SSSR count). The zero-order valence-corrected chi connectivity index (χ0v) is 11.9. The molecule has 0 aliphatic rings. The summed E-state index contributed by atoms with van der Waals surface area (Å²) in [4.78, 5) is 11.3. The molecule has 0 heterocycles. The standard InChI is InChI=1S/C15H12Cl2O3/c16-11-6-2-1-5-10(11)9-14(15(18)19)20-13-8-4-3-7-12(13)17/h1-8,14H,9H2,(H,18,19)/t14-/m0/s1. The Labute approximate surface area is 126 Å². The maximum atomic E-state index is 11.3. The van der Waals surface area contributed by atoms with E-state index in [-0.39, 0.29) is 6.42 Å². The molecule has 5 heteroatoms. The van der Waals surface area contributed by atoms with Gasteiger partial charge in [0.25, 0.3) is 0 Å². The quantitative estimate of drug-likeness (QED) is 0.905. The summed E-state index contributed by atoms with van der Waals surface area (Å²) in [7, 11) is 0. The molecule has 0 spiro atoms. The van der Waals surface area contributed by atoms with Gasteiger partial charge in [0.1, 0.15) is 5.75 Å². The number of ether oxygens (including phenoxy) is 1. The van der Waals surface area contributed by atoms with Gasteiger partial charge in [0.05, 0.1) is 5.02 Å². The molecule has 0 aliphatic heterocycles. The van der Waals surface area contributed by atoms with E-state index in [1.165, 1.54) is 0 Å². The van der Waals surface area contributed by atoms with E-state index in [2.05, 4.69) is 0 Å². The Morgan fingerprint density at radius 2 is 1.65 bits per heavy atom. The molecular formula is C15H12Cl2O3. The van der Waals surface area contributed by atoms with Gasteiger partial charge in [-0.1, -0.05) is 53.5 Å². The van der Waals surface area contributed by atoms with Gasteiger partial charge in [-0.15, -0.1) is 0 Å². The van der Waals surface area contributed by atoms with Crippen LogP contribution < -0.4 is 4.74 Å². The van der Waals surface area contributed by atoms with E-state index in [0.29, 0.717) is 21.4 Å². The highest BCUT2D eigenvalue weighted by molar-refractivity contribution is 6.32. The van der Waals surface area contributed by atoms with E-state index in [9.17, 15) is 9.90 Å². The fourth-order valence-electron chi connectivity index (χ4n) is 1.74. The molecule has 0 radical (unpaired) electrons. The van der Waals surface area contributed by atoms with E-state index in [1.807, 2.05) is 0 Å². The van der Waals surface area contributed by atoms with Gasteiger partial charge in [-0.2, -0.15) is 0 Å². The number of hydrogen-bond donors (Lipinski definition) is 1. The molecule has 0 saturated carbocycles. The lowest BCUT2D eigenvalue weighted by molar-refractivity contribution is -0.145. The van der Waals surface area contributed by atoms with Gasteiger partial charge in [0.2, 0.25) is 0 Å². The average Bonchev–Trinajstić information content (AvgIpc) is 2.42. The Kier molecular flexibility index (Phi) is 4.88. The van der Waals surface area contributed by atoms with Crippen LogP contribution in [0, 0.1) is 0 Å². The monoisotopic (exact) mass is 310 g/mol. The zero-order chi connectivity index (χ0) is 14.5. The smallest absolute Gasteiger partial charge is 0.345 e. The molecule has 1 atom stereocenters. The zero-order valence-electron chi connectivity index (χ0n) is 10.4. The van der Waals surface area contributed by atoms with Crippen LogP contribution in [0.15, 0.2) is 48.5 Å². The van der Waals surface area contributed by atoms with E-state index in [0.717, 1.165) is 0 Å². The maximum absolute atomic E-state index is 11.3. The summed E-state index contributed by atoms with van der Waals surface area (Å²) in [6.07, 6.45) is -0.880. The molecule has 104 valence electrons.